The molecular formula is C26H31N5O2S. The van der Waals surface area contributed by atoms with Gasteiger partial charge in [0.1, 0.15) is 0 Å². The van der Waals surface area contributed by atoms with E-state index < -0.39 is 0 Å². The minimum absolute atomic E-state index is 0.0354. The summed E-state index contributed by atoms with van der Waals surface area (Å²) in [5, 5.41) is 12.5. The van der Waals surface area contributed by atoms with Crippen LogP contribution in [0.3, 0.4) is 0 Å². The van der Waals surface area contributed by atoms with Crippen LogP contribution in [-0.4, -0.2) is 43.8 Å². The molecule has 1 atom stereocenters. The second-order valence-electron chi connectivity index (χ2n) is 8.69. The van der Waals surface area contributed by atoms with Crippen molar-refractivity contribution < 1.29 is 9.59 Å². The number of amides is 2. The number of aromatic nitrogens is 3. The topological polar surface area (TPSA) is 80.1 Å². The number of nitrogens with one attached hydrogen (secondary N) is 1. The number of likely N-dealkylation sites (tertiary alicyclic amines) is 1. The number of carbonyl (C=O) groups is 2. The maximum atomic E-state index is 13.3. The van der Waals surface area contributed by atoms with Crippen LogP contribution in [0.2, 0.25) is 0 Å². The summed E-state index contributed by atoms with van der Waals surface area (Å²) in [7, 11) is 0. The molecule has 1 unspecified atom stereocenters. The van der Waals surface area contributed by atoms with Gasteiger partial charge in [-0.1, -0.05) is 36.0 Å². The third-order valence-corrected chi connectivity index (χ3v) is 7.34. The molecule has 1 fully saturated rings. The van der Waals surface area contributed by atoms with Crippen LogP contribution >= 0.6 is 11.8 Å². The Bertz CT molecular complexity index is 1210. The van der Waals surface area contributed by atoms with Gasteiger partial charge in [0.05, 0.1) is 11.8 Å². The van der Waals surface area contributed by atoms with E-state index in [4.69, 9.17) is 0 Å². The predicted octanol–water partition coefficient (Wildman–Crippen LogP) is 4.93. The van der Waals surface area contributed by atoms with Gasteiger partial charge >= 0.3 is 0 Å². The van der Waals surface area contributed by atoms with Gasteiger partial charge in [-0.15, -0.1) is 10.2 Å². The van der Waals surface area contributed by atoms with E-state index in [1.54, 1.807) is 0 Å². The molecule has 8 heteroatoms. The van der Waals surface area contributed by atoms with E-state index in [-0.39, 0.29) is 23.6 Å². The third kappa shape index (κ3) is 5.01. The Balaban J connectivity index is 1.46. The molecule has 1 aliphatic rings. The van der Waals surface area contributed by atoms with Crippen molar-refractivity contribution in [2.45, 2.75) is 58.3 Å². The molecule has 3 aromatic rings. The minimum atomic E-state index is -0.113. The number of nitrogens with zero attached hydrogens (tertiary/aromatic N) is 4. The number of anilines is 1. The molecule has 0 spiro atoms. The number of benzene rings is 2. The molecule has 7 nitrogen and oxygen atoms in total. The van der Waals surface area contributed by atoms with Crippen LogP contribution in [0.4, 0.5) is 5.69 Å². The smallest absolute Gasteiger partial charge is 0.254 e. The average Bonchev–Trinajstić information content (AvgIpc) is 3.46. The van der Waals surface area contributed by atoms with Crippen molar-refractivity contribution in [2.75, 3.05) is 17.6 Å². The van der Waals surface area contributed by atoms with Crippen molar-refractivity contribution in [2.24, 2.45) is 0 Å². The zero-order chi connectivity index (χ0) is 24.2. The summed E-state index contributed by atoms with van der Waals surface area (Å²) >= 11 is 1.37. The first-order valence-electron chi connectivity index (χ1n) is 11.7. The molecule has 2 heterocycles. The van der Waals surface area contributed by atoms with Gasteiger partial charge in [0, 0.05) is 24.3 Å². The molecule has 4 rings (SSSR count). The van der Waals surface area contributed by atoms with Crippen molar-refractivity contribution in [3.05, 3.63) is 70.5 Å². The summed E-state index contributed by atoms with van der Waals surface area (Å²) in [6.07, 6.45) is 1.79. The molecule has 0 radical (unpaired) electrons. The molecular weight excluding hydrogens is 446 g/mol. The maximum absolute atomic E-state index is 13.3. The van der Waals surface area contributed by atoms with Crippen LogP contribution in [0.1, 0.15) is 58.7 Å². The summed E-state index contributed by atoms with van der Waals surface area (Å²) in [5.41, 5.74) is 4.83. The molecule has 2 amide bonds. The zero-order valence-corrected chi connectivity index (χ0v) is 21.0. The number of hydrogen-bond acceptors (Lipinski definition) is 5. The fraction of sp³-hybridized carbons (Fsp3) is 0.385. The molecule has 1 N–H and O–H groups in total. The van der Waals surface area contributed by atoms with E-state index in [9.17, 15) is 9.59 Å². The summed E-state index contributed by atoms with van der Waals surface area (Å²) < 4.78 is 2.03. The van der Waals surface area contributed by atoms with Crippen molar-refractivity contribution in [1.82, 2.24) is 19.7 Å². The highest BCUT2D eigenvalue weighted by molar-refractivity contribution is 7.99. The number of rotatable bonds is 7. The summed E-state index contributed by atoms with van der Waals surface area (Å²) in [5.74, 6) is 0.978. The number of aryl methyl sites for hydroxylation is 3. The van der Waals surface area contributed by atoms with E-state index in [0.29, 0.717) is 18.2 Å². The number of hydrogen-bond donors (Lipinski definition) is 1. The number of carbonyl (C=O) groups excluding carboxylic acids is 2. The lowest BCUT2D eigenvalue weighted by atomic mass is 10.1. The SMILES string of the molecule is CCn1c(SCC(=O)Nc2ccc(C)c(C)c2)nnc1C1CCCN1C(=O)c1ccccc1C. The monoisotopic (exact) mass is 477 g/mol. The Hall–Kier alpha value is -3.13. The molecule has 1 aliphatic heterocycles. The van der Waals surface area contributed by atoms with Gasteiger partial charge in [-0.2, -0.15) is 0 Å². The van der Waals surface area contributed by atoms with Gasteiger partial charge in [0.25, 0.3) is 5.91 Å². The van der Waals surface area contributed by atoms with E-state index in [1.165, 1.54) is 17.3 Å². The fourth-order valence-electron chi connectivity index (χ4n) is 4.34. The molecule has 1 saturated heterocycles. The Morgan fingerprint density at radius 2 is 1.85 bits per heavy atom. The highest BCUT2D eigenvalue weighted by Crippen LogP contribution is 2.34. The van der Waals surface area contributed by atoms with Crippen LogP contribution in [-0.2, 0) is 11.3 Å². The summed E-state index contributed by atoms with van der Waals surface area (Å²) in [6.45, 7) is 9.45. The van der Waals surface area contributed by atoms with Crippen molar-refractivity contribution in [3.63, 3.8) is 0 Å². The normalized spacial score (nSPS) is 15.5. The van der Waals surface area contributed by atoms with Crippen LogP contribution in [0.5, 0.6) is 0 Å². The van der Waals surface area contributed by atoms with Crippen LogP contribution < -0.4 is 5.32 Å². The van der Waals surface area contributed by atoms with Crippen molar-refractivity contribution in [1.29, 1.82) is 0 Å². The van der Waals surface area contributed by atoms with E-state index in [1.807, 2.05) is 79.6 Å². The van der Waals surface area contributed by atoms with Crippen LogP contribution in [0.15, 0.2) is 47.6 Å². The van der Waals surface area contributed by atoms with Gasteiger partial charge in [0.2, 0.25) is 5.91 Å². The molecule has 178 valence electrons. The molecule has 0 bridgehead atoms. The highest BCUT2D eigenvalue weighted by Gasteiger charge is 2.35. The lowest BCUT2D eigenvalue weighted by molar-refractivity contribution is -0.113. The van der Waals surface area contributed by atoms with Crippen LogP contribution in [0.25, 0.3) is 0 Å². The number of thioether (sulfide) groups is 1. The highest BCUT2D eigenvalue weighted by atomic mass is 32.2. The summed E-state index contributed by atoms with van der Waals surface area (Å²) in [4.78, 5) is 27.8. The first kappa shape index (κ1) is 24.0. The Morgan fingerprint density at radius 1 is 1.06 bits per heavy atom. The largest absolute Gasteiger partial charge is 0.328 e. The first-order chi connectivity index (χ1) is 16.4. The second-order valence-corrected chi connectivity index (χ2v) is 9.63. The quantitative estimate of drug-likeness (QED) is 0.488. The Kier molecular flexibility index (Phi) is 7.36. The summed E-state index contributed by atoms with van der Waals surface area (Å²) in [6, 6.07) is 13.5. The average molecular weight is 478 g/mol. The molecule has 0 saturated carbocycles. The zero-order valence-electron chi connectivity index (χ0n) is 20.2. The maximum Gasteiger partial charge on any atom is 0.254 e. The lowest BCUT2D eigenvalue weighted by Gasteiger charge is -2.25. The molecule has 2 aromatic carbocycles. The van der Waals surface area contributed by atoms with Gasteiger partial charge in [-0.05, 0) is 75.4 Å². The van der Waals surface area contributed by atoms with Crippen LogP contribution in [0, 0.1) is 20.8 Å². The second kappa shape index (κ2) is 10.4. The van der Waals surface area contributed by atoms with E-state index in [0.717, 1.165) is 41.0 Å². The third-order valence-electron chi connectivity index (χ3n) is 6.37. The predicted molar refractivity (Wildman–Crippen MR) is 135 cm³/mol. The van der Waals surface area contributed by atoms with Crippen molar-refractivity contribution in [3.8, 4) is 0 Å². The van der Waals surface area contributed by atoms with E-state index >= 15 is 0 Å². The van der Waals surface area contributed by atoms with Gasteiger partial charge in [-0.25, -0.2) is 0 Å². The standard InChI is InChI=1S/C26H31N5O2S/c1-5-30-24(22-11-8-14-31(22)25(33)21-10-7-6-9-18(21)3)28-29-26(30)34-16-23(32)27-20-13-12-17(2)19(4)15-20/h6-7,9-10,12-13,15,22H,5,8,11,14,16H2,1-4H3,(H,27,32). The fourth-order valence-corrected chi connectivity index (χ4v) is 5.15. The van der Waals surface area contributed by atoms with Gasteiger partial charge in [-0.3, -0.25) is 9.59 Å². The molecule has 0 aliphatic carbocycles. The van der Waals surface area contributed by atoms with Gasteiger partial charge in [0.15, 0.2) is 11.0 Å². The molecule has 34 heavy (non-hydrogen) atoms. The lowest BCUT2D eigenvalue weighted by Crippen LogP contribution is -2.32. The van der Waals surface area contributed by atoms with E-state index in [2.05, 4.69) is 15.5 Å². The Morgan fingerprint density at radius 3 is 2.59 bits per heavy atom. The van der Waals surface area contributed by atoms with Gasteiger partial charge < -0.3 is 14.8 Å². The first-order valence-corrected chi connectivity index (χ1v) is 12.7. The Labute approximate surface area is 205 Å². The molecule has 1 aromatic heterocycles. The minimum Gasteiger partial charge on any atom is -0.328 e. The van der Waals surface area contributed by atoms with Crippen molar-refractivity contribution >= 4 is 29.3 Å².